The molecule has 0 bridgehead atoms. The molecular weight excluding hydrogens is 166 g/mol. The predicted molar refractivity (Wildman–Crippen MR) is 49.8 cm³/mol. The molecule has 0 aliphatic rings. The lowest BCUT2D eigenvalue weighted by Crippen LogP contribution is -1.87. The summed E-state index contributed by atoms with van der Waals surface area (Å²) in [5, 5.41) is 0. The Bertz CT molecular complexity index is 117. The first-order valence-electron chi connectivity index (χ1n) is 3.12. The monoisotopic (exact) mass is 177 g/mol. The zero-order valence-electron chi connectivity index (χ0n) is 6.16. The lowest BCUT2D eigenvalue weighted by molar-refractivity contribution is -0.106. The highest BCUT2D eigenvalue weighted by Gasteiger charge is 1.95. The van der Waals surface area contributed by atoms with Crippen LogP contribution in [0.15, 0.2) is 4.99 Å². The van der Waals surface area contributed by atoms with E-state index in [2.05, 4.69) is 4.99 Å². The van der Waals surface area contributed by atoms with Crippen LogP contribution < -0.4 is 0 Å². The number of rotatable bonds is 3. The van der Waals surface area contributed by atoms with E-state index in [1.165, 1.54) is 0 Å². The molecule has 0 N–H and O–H groups in total. The van der Waals surface area contributed by atoms with E-state index in [4.69, 9.17) is 0 Å². The molecule has 0 rings (SSSR count). The van der Waals surface area contributed by atoms with E-state index in [-0.39, 0.29) is 0 Å². The van der Waals surface area contributed by atoms with E-state index in [1.807, 2.05) is 13.8 Å². The summed E-state index contributed by atoms with van der Waals surface area (Å²) >= 11 is 3.21. The maximum absolute atomic E-state index is 9.95. The van der Waals surface area contributed by atoms with E-state index >= 15 is 0 Å². The largest absolute Gasteiger partial charge is 0.276 e. The van der Waals surface area contributed by atoms with Crippen molar-refractivity contribution in [3.8, 4) is 0 Å². The highest BCUT2D eigenvalue weighted by atomic mass is 32.2. The third kappa shape index (κ3) is 4.88. The number of nitrogens with zero attached hydrogens (tertiary/aromatic N) is 1. The zero-order chi connectivity index (χ0) is 7.82. The fourth-order valence-corrected chi connectivity index (χ4v) is 2.18. The van der Waals surface area contributed by atoms with Crippen LogP contribution in [0.2, 0.25) is 0 Å². The third-order valence-corrected chi connectivity index (χ3v) is 2.68. The summed E-state index contributed by atoms with van der Waals surface area (Å²) in [6.45, 7) is 4.09. The number of hydrogen-bond acceptors (Lipinski definition) is 3. The second kappa shape index (κ2) is 7.15. The van der Waals surface area contributed by atoms with Gasteiger partial charge in [0.05, 0.1) is 0 Å². The molecule has 0 atom stereocenters. The topological polar surface area (TPSA) is 29.4 Å². The summed E-state index contributed by atoms with van der Waals surface area (Å²) in [6, 6.07) is 0. The average molecular weight is 177 g/mol. The average Bonchev–Trinajstić information content (AvgIpc) is 1.90. The van der Waals surface area contributed by atoms with Crippen LogP contribution in [0.25, 0.3) is 0 Å². The Hall–Kier alpha value is 0.0400. The Labute approximate surface area is 69.9 Å². The Morgan fingerprint density at radius 1 is 1.40 bits per heavy atom. The van der Waals surface area contributed by atoms with E-state index < -0.39 is 0 Å². The van der Waals surface area contributed by atoms with Gasteiger partial charge in [-0.15, -0.1) is 0 Å². The molecule has 0 aliphatic carbocycles. The number of aliphatic imine (C=N–C) groups is 1. The van der Waals surface area contributed by atoms with Crippen LogP contribution >= 0.6 is 23.5 Å². The fraction of sp³-hybridized carbons (Fsp3) is 0.667. The van der Waals surface area contributed by atoms with E-state index in [9.17, 15) is 4.79 Å². The minimum absolute atomic E-state index is 0.598. The highest BCUT2D eigenvalue weighted by molar-refractivity contribution is 8.38. The van der Waals surface area contributed by atoms with Gasteiger partial charge in [0.25, 0.3) is 0 Å². The Morgan fingerprint density at radius 2 is 1.90 bits per heavy atom. The van der Waals surface area contributed by atoms with Crippen molar-refractivity contribution in [1.29, 1.82) is 0 Å². The van der Waals surface area contributed by atoms with Crippen LogP contribution in [0.4, 0.5) is 0 Å². The Kier molecular flexibility index (Phi) is 7.18. The molecule has 10 heavy (non-hydrogen) atoms. The van der Waals surface area contributed by atoms with Crippen molar-refractivity contribution in [3.63, 3.8) is 0 Å². The van der Waals surface area contributed by atoms with Crippen molar-refractivity contribution in [2.75, 3.05) is 11.5 Å². The minimum atomic E-state index is 0.598. The Morgan fingerprint density at radius 3 is 2.20 bits per heavy atom. The van der Waals surface area contributed by atoms with Crippen molar-refractivity contribution in [2.45, 2.75) is 13.8 Å². The van der Waals surface area contributed by atoms with Crippen molar-refractivity contribution in [3.05, 3.63) is 0 Å². The van der Waals surface area contributed by atoms with Gasteiger partial charge in [-0.3, -0.25) is 4.79 Å². The van der Waals surface area contributed by atoms with Crippen LogP contribution in [-0.2, 0) is 4.79 Å². The molecule has 2 nitrogen and oxygen atoms in total. The maximum Gasteiger partial charge on any atom is 0.234 e. The van der Waals surface area contributed by atoms with Gasteiger partial charge < -0.3 is 0 Å². The lowest BCUT2D eigenvalue weighted by atomic mass is 11.0. The lowest BCUT2D eigenvalue weighted by Gasteiger charge is -1.97. The molecule has 0 unspecified atom stereocenters. The van der Waals surface area contributed by atoms with Crippen molar-refractivity contribution in [2.24, 2.45) is 4.99 Å². The summed E-state index contributed by atoms with van der Waals surface area (Å²) in [5.41, 5.74) is 0. The van der Waals surface area contributed by atoms with Crippen molar-refractivity contribution in [1.82, 2.24) is 0 Å². The molecule has 0 aromatic rings. The molecule has 0 heterocycles. The second-order valence-electron chi connectivity index (χ2n) is 1.37. The maximum atomic E-state index is 9.95. The normalized spacial score (nSPS) is 9.00. The molecule has 58 valence electrons. The van der Waals surface area contributed by atoms with Crippen molar-refractivity contribution < 1.29 is 4.79 Å². The van der Waals surface area contributed by atoms with Gasteiger partial charge in [-0.1, -0.05) is 37.4 Å². The first-order chi connectivity index (χ1) is 4.85. The van der Waals surface area contributed by atoms with Crippen LogP contribution in [0.3, 0.4) is 0 Å². The minimum Gasteiger partial charge on any atom is -0.276 e. The standard InChI is InChI=1S/C6H11NOS2/c1-3-9-6(7-5-8)10-4-2/h5H,3-4H2,1-2H3. The molecule has 4 heteroatoms. The molecule has 0 aromatic carbocycles. The van der Waals surface area contributed by atoms with Crippen LogP contribution in [0, 0.1) is 0 Å². The summed E-state index contributed by atoms with van der Waals surface area (Å²) < 4.78 is 0.875. The van der Waals surface area contributed by atoms with E-state index in [0.29, 0.717) is 6.41 Å². The first-order valence-corrected chi connectivity index (χ1v) is 5.09. The smallest absolute Gasteiger partial charge is 0.234 e. The summed E-state index contributed by atoms with van der Waals surface area (Å²) in [5.74, 6) is 1.94. The third-order valence-electron chi connectivity index (χ3n) is 0.694. The molecule has 0 saturated heterocycles. The van der Waals surface area contributed by atoms with Gasteiger partial charge in [-0.25, -0.2) is 4.99 Å². The predicted octanol–water partition coefficient (Wildman–Crippen LogP) is 2.00. The quantitative estimate of drug-likeness (QED) is 0.375. The highest BCUT2D eigenvalue weighted by Crippen LogP contribution is 2.15. The van der Waals surface area contributed by atoms with Crippen LogP contribution in [-0.4, -0.2) is 22.3 Å². The second-order valence-corrected chi connectivity index (χ2v) is 4.13. The molecule has 0 aliphatic heterocycles. The number of hydrogen-bond donors (Lipinski definition) is 0. The van der Waals surface area contributed by atoms with Crippen LogP contribution in [0.5, 0.6) is 0 Å². The number of thioether (sulfide) groups is 2. The Balaban J connectivity index is 3.71. The first kappa shape index (κ1) is 10.0. The number of carbonyl (C=O) groups excluding carboxylic acids is 1. The van der Waals surface area contributed by atoms with Crippen LogP contribution in [0.1, 0.15) is 13.8 Å². The molecule has 0 aromatic heterocycles. The number of amides is 1. The van der Waals surface area contributed by atoms with E-state index in [1.54, 1.807) is 23.5 Å². The van der Waals surface area contributed by atoms with Gasteiger partial charge >= 0.3 is 0 Å². The fourth-order valence-electron chi connectivity index (χ4n) is 0.406. The number of carbonyl (C=O) groups is 1. The van der Waals surface area contributed by atoms with Gasteiger partial charge in [0.1, 0.15) is 4.38 Å². The van der Waals surface area contributed by atoms with Gasteiger partial charge in [-0.2, -0.15) is 0 Å². The molecule has 0 spiro atoms. The zero-order valence-corrected chi connectivity index (χ0v) is 7.80. The summed E-state index contributed by atoms with van der Waals surface area (Å²) in [4.78, 5) is 13.6. The van der Waals surface area contributed by atoms with Gasteiger partial charge in [0, 0.05) is 0 Å². The molecule has 0 saturated carbocycles. The molecule has 1 amide bonds. The van der Waals surface area contributed by atoms with Crippen molar-refractivity contribution >= 4 is 34.3 Å². The van der Waals surface area contributed by atoms with Gasteiger partial charge in [-0.05, 0) is 11.5 Å². The van der Waals surface area contributed by atoms with Gasteiger partial charge in [0.15, 0.2) is 0 Å². The summed E-state index contributed by atoms with van der Waals surface area (Å²) in [6.07, 6.45) is 0.598. The van der Waals surface area contributed by atoms with Gasteiger partial charge in [0.2, 0.25) is 6.41 Å². The molecular formula is C6H11NOS2. The van der Waals surface area contributed by atoms with E-state index in [0.717, 1.165) is 15.9 Å². The molecule has 0 radical (unpaired) electrons. The SMILES string of the molecule is CCSC(=NC=O)SCC. The summed E-state index contributed by atoms with van der Waals surface area (Å²) in [7, 11) is 0. The molecule has 0 fully saturated rings.